The summed E-state index contributed by atoms with van der Waals surface area (Å²) in [4.78, 5) is 10.7. The molecular weight excluding hydrogens is 202 g/mol. The van der Waals surface area contributed by atoms with Crippen molar-refractivity contribution in [1.29, 1.82) is 0 Å². The van der Waals surface area contributed by atoms with Crippen molar-refractivity contribution in [1.82, 2.24) is 4.57 Å². The molecule has 2 aromatic rings. The number of aldehydes is 1. The Morgan fingerprint density at radius 3 is 2.75 bits per heavy atom. The van der Waals surface area contributed by atoms with E-state index in [4.69, 9.17) is 4.74 Å². The first-order valence-corrected chi connectivity index (χ1v) is 5.26. The number of ether oxygens (including phenoxy) is 1. The molecule has 0 aliphatic heterocycles. The Labute approximate surface area is 94.6 Å². The van der Waals surface area contributed by atoms with E-state index >= 15 is 0 Å². The van der Waals surface area contributed by atoms with Gasteiger partial charge in [-0.3, -0.25) is 0 Å². The van der Waals surface area contributed by atoms with Gasteiger partial charge in [-0.05, 0) is 37.6 Å². The fourth-order valence-electron chi connectivity index (χ4n) is 2.07. The molecule has 0 aliphatic carbocycles. The predicted molar refractivity (Wildman–Crippen MR) is 64.0 cm³/mol. The van der Waals surface area contributed by atoms with Crippen LogP contribution in [0, 0.1) is 13.8 Å². The van der Waals surface area contributed by atoms with Gasteiger partial charge in [-0.2, -0.15) is 0 Å². The molecule has 0 radical (unpaired) electrons. The molecule has 16 heavy (non-hydrogen) atoms. The van der Waals surface area contributed by atoms with E-state index in [1.54, 1.807) is 7.11 Å². The van der Waals surface area contributed by atoms with Gasteiger partial charge in [0.05, 0.1) is 13.7 Å². The van der Waals surface area contributed by atoms with Crippen molar-refractivity contribution in [3.8, 4) is 5.75 Å². The largest absolute Gasteiger partial charge is 0.497 e. The molecule has 0 fully saturated rings. The van der Waals surface area contributed by atoms with E-state index in [0.717, 1.165) is 28.6 Å². The maximum atomic E-state index is 10.7. The van der Waals surface area contributed by atoms with Crippen molar-refractivity contribution in [2.45, 2.75) is 20.4 Å². The number of fused-ring (bicyclic) bond motifs is 1. The van der Waals surface area contributed by atoms with Crippen LogP contribution in [0.5, 0.6) is 5.75 Å². The van der Waals surface area contributed by atoms with Crippen LogP contribution in [0.3, 0.4) is 0 Å². The number of carbonyl (C=O) groups is 1. The quantitative estimate of drug-likeness (QED) is 0.739. The topological polar surface area (TPSA) is 31.2 Å². The minimum absolute atomic E-state index is 0.405. The lowest BCUT2D eigenvalue weighted by atomic mass is 10.1. The number of rotatable bonds is 3. The Hall–Kier alpha value is -1.77. The van der Waals surface area contributed by atoms with Gasteiger partial charge < -0.3 is 14.1 Å². The highest BCUT2D eigenvalue weighted by Gasteiger charge is 2.10. The van der Waals surface area contributed by atoms with Crippen LogP contribution in [0.15, 0.2) is 18.2 Å². The van der Waals surface area contributed by atoms with E-state index in [-0.39, 0.29) is 0 Å². The second kappa shape index (κ2) is 4.00. The molecule has 2 rings (SSSR count). The van der Waals surface area contributed by atoms with Crippen LogP contribution in [0.1, 0.15) is 11.3 Å². The first-order chi connectivity index (χ1) is 7.69. The lowest BCUT2D eigenvalue weighted by Crippen LogP contribution is -2.00. The van der Waals surface area contributed by atoms with Gasteiger partial charge in [0.2, 0.25) is 0 Å². The van der Waals surface area contributed by atoms with Gasteiger partial charge in [0.1, 0.15) is 12.0 Å². The van der Waals surface area contributed by atoms with Crippen molar-refractivity contribution in [3.63, 3.8) is 0 Å². The van der Waals surface area contributed by atoms with Crippen molar-refractivity contribution in [2.24, 2.45) is 0 Å². The zero-order valence-electron chi connectivity index (χ0n) is 9.78. The number of hydrogen-bond acceptors (Lipinski definition) is 2. The van der Waals surface area contributed by atoms with Crippen LogP contribution < -0.4 is 4.74 Å². The summed E-state index contributed by atoms with van der Waals surface area (Å²) in [6.07, 6.45) is 0.927. The van der Waals surface area contributed by atoms with Crippen LogP contribution in [0.4, 0.5) is 0 Å². The predicted octanol–water partition coefficient (Wildman–Crippen LogP) is 2.47. The molecule has 0 amide bonds. The number of aryl methyl sites for hydroxylation is 1. The second-order valence-corrected chi connectivity index (χ2v) is 3.87. The van der Waals surface area contributed by atoms with Gasteiger partial charge in [0.15, 0.2) is 0 Å². The van der Waals surface area contributed by atoms with Gasteiger partial charge in [0.25, 0.3) is 0 Å². The molecule has 1 aromatic heterocycles. The summed E-state index contributed by atoms with van der Waals surface area (Å²) in [6, 6.07) is 5.93. The zero-order valence-corrected chi connectivity index (χ0v) is 9.78. The number of hydrogen-bond donors (Lipinski definition) is 0. The molecule has 0 spiro atoms. The normalized spacial score (nSPS) is 10.7. The molecular formula is C13H15NO2. The lowest BCUT2D eigenvalue weighted by molar-refractivity contribution is -0.108. The number of benzene rings is 1. The summed E-state index contributed by atoms with van der Waals surface area (Å²) in [5.41, 5.74) is 3.43. The Kier molecular flexibility index (Phi) is 2.69. The summed E-state index contributed by atoms with van der Waals surface area (Å²) in [7, 11) is 1.66. The minimum Gasteiger partial charge on any atom is -0.497 e. The van der Waals surface area contributed by atoms with Crippen LogP contribution in [-0.2, 0) is 11.3 Å². The average Bonchev–Trinajstić information content (AvgIpc) is 2.54. The molecule has 0 unspecified atom stereocenters. The van der Waals surface area contributed by atoms with E-state index in [0.29, 0.717) is 6.54 Å². The third-order valence-electron chi connectivity index (χ3n) is 3.10. The van der Waals surface area contributed by atoms with Gasteiger partial charge in [-0.15, -0.1) is 0 Å². The van der Waals surface area contributed by atoms with Gasteiger partial charge in [0, 0.05) is 16.6 Å². The number of carbonyl (C=O) groups excluding carboxylic acids is 1. The molecule has 3 heteroatoms. The fraction of sp³-hybridized carbons (Fsp3) is 0.308. The Bertz CT molecular complexity index is 540. The van der Waals surface area contributed by atoms with Crippen LogP contribution in [-0.4, -0.2) is 18.0 Å². The SMILES string of the molecule is COc1ccc2c(c1)c(C)c(C)n2CC=O. The summed E-state index contributed by atoms with van der Waals surface area (Å²) < 4.78 is 7.23. The summed E-state index contributed by atoms with van der Waals surface area (Å²) >= 11 is 0. The molecule has 0 atom stereocenters. The molecule has 0 saturated heterocycles. The molecule has 1 aromatic carbocycles. The fourth-order valence-corrected chi connectivity index (χ4v) is 2.07. The van der Waals surface area contributed by atoms with E-state index in [9.17, 15) is 4.79 Å². The average molecular weight is 217 g/mol. The van der Waals surface area contributed by atoms with E-state index in [2.05, 4.69) is 6.92 Å². The van der Waals surface area contributed by atoms with E-state index < -0.39 is 0 Å². The smallest absolute Gasteiger partial charge is 0.139 e. The first-order valence-electron chi connectivity index (χ1n) is 5.26. The molecule has 0 saturated carbocycles. The highest BCUT2D eigenvalue weighted by Crippen LogP contribution is 2.28. The molecule has 0 bridgehead atoms. The zero-order chi connectivity index (χ0) is 11.7. The Balaban J connectivity index is 2.73. The monoisotopic (exact) mass is 217 g/mol. The molecule has 3 nitrogen and oxygen atoms in total. The molecule has 0 aliphatic rings. The number of methoxy groups -OCH3 is 1. The molecule has 1 heterocycles. The highest BCUT2D eigenvalue weighted by molar-refractivity contribution is 5.87. The Morgan fingerprint density at radius 2 is 2.12 bits per heavy atom. The highest BCUT2D eigenvalue weighted by atomic mass is 16.5. The molecule has 0 N–H and O–H groups in total. The van der Waals surface area contributed by atoms with Crippen LogP contribution in [0.2, 0.25) is 0 Å². The van der Waals surface area contributed by atoms with Gasteiger partial charge in [-0.25, -0.2) is 0 Å². The number of nitrogens with zero attached hydrogens (tertiary/aromatic N) is 1. The summed E-state index contributed by atoms with van der Waals surface area (Å²) in [5.74, 6) is 0.846. The van der Waals surface area contributed by atoms with Crippen LogP contribution >= 0.6 is 0 Å². The maximum absolute atomic E-state index is 10.7. The standard InChI is InChI=1S/C13H15NO2/c1-9-10(2)14(6-7-15)13-5-4-11(16-3)8-12(9)13/h4-5,7-8H,6H2,1-3H3. The minimum atomic E-state index is 0.405. The third-order valence-corrected chi connectivity index (χ3v) is 3.10. The van der Waals surface area contributed by atoms with Crippen molar-refractivity contribution >= 4 is 17.2 Å². The van der Waals surface area contributed by atoms with E-state index in [1.165, 1.54) is 5.56 Å². The first kappa shape index (κ1) is 10.7. The van der Waals surface area contributed by atoms with Crippen molar-refractivity contribution in [2.75, 3.05) is 7.11 Å². The number of aromatic nitrogens is 1. The summed E-state index contributed by atoms with van der Waals surface area (Å²) in [6.45, 7) is 4.51. The second-order valence-electron chi connectivity index (χ2n) is 3.87. The molecule has 84 valence electrons. The summed E-state index contributed by atoms with van der Waals surface area (Å²) in [5, 5.41) is 1.15. The van der Waals surface area contributed by atoms with Crippen LogP contribution in [0.25, 0.3) is 10.9 Å². The Morgan fingerprint density at radius 1 is 1.38 bits per heavy atom. The third kappa shape index (κ3) is 1.48. The lowest BCUT2D eigenvalue weighted by Gasteiger charge is -2.03. The van der Waals surface area contributed by atoms with Gasteiger partial charge >= 0.3 is 0 Å². The van der Waals surface area contributed by atoms with Crippen molar-refractivity contribution in [3.05, 3.63) is 29.5 Å². The maximum Gasteiger partial charge on any atom is 0.139 e. The van der Waals surface area contributed by atoms with E-state index in [1.807, 2.05) is 29.7 Å². The van der Waals surface area contributed by atoms with Crippen molar-refractivity contribution < 1.29 is 9.53 Å². The van der Waals surface area contributed by atoms with Gasteiger partial charge in [-0.1, -0.05) is 0 Å².